The van der Waals surface area contributed by atoms with Gasteiger partial charge in [-0.05, 0) is 24.3 Å². The SMILES string of the molecule is Nc1cc(Cl)c(NC(=O)c2ccco2)c(Cl)c1. The molecule has 0 atom stereocenters. The second kappa shape index (κ2) is 4.69. The number of rotatable bonds is 2. The lowest BCUT2D eigenvalue weighted by Crippen LogP contribution is -2.11. The van der Waals surface area contributed by atoms with E-state index in [9.17, 15) is 4.79 Å². The first-order valence-electron chi connectivity index (χ1n) is 4.67. The molecular weight excluding hydrogens is 263 g/mol. The van der Waals surface area contributed by atoms with Crippen LogP contribution in [-0.4, -0.2) is 5.91 Å². The molecule has 0 radical (unpaired) electrons. The van der Waals surface area contributed by atoms with Crippen molar-refractivity contribution in [1.82, 2.24) is 0 Å². The zero-order valence-electron chi connectivity index (χ0n) is 8.54. The van der Waals surface area contributed by atoms with Gasteiger partial charge in [-0.2, -0.15) is 0 Å². The molecule has 2 aromatic rings. The van der Waals surface area contributed by atoms with Crippen LogP contribution < -0.4 is 11.1 Å². The fourth-order valence-electron chi connectivity index (χ4n) is 1.30. The number of hydrogen-bond acceptors (Lipinski definition) is 3. The van der Waals surface area contributed by atoms with Crippen molar-refractivity contribution < 1.29 is 9.21 Å². The van der Waals surface area contributed by atoms with Gasteiger partial charge in [0.05, 0.1) is 22.0 Å². The van der Waals surface area contributed by atoms with Gasteiger partial charge in [0.15, 0.2) is 5.76 Å². The lowest BCUT2D eigenvalue weighted by Gasteiger charge is -2.08. The van der Waals surface area contributed by atoms with Crippen molar-refractivity contribution in [2.75, 3.05) is 11.1 Å². The van der Waals surface area contributed by atoms with E-state index in [1.54, 1.807) is 6.07 Å². The minimum absolute atomic E-state index is 0.175. The van der Waals surface area contributed by atoms with Crippen LogP contribution in [0.5, 0.6) is 0 Å². The molecule has 1 amide bonds. The monoisotopic (exact) mass is 270 g/mol. The maximum atomic E-state index is 11.7. The highest BCUT2D eigenvalue weighted by atomic mass is 35.5. The van der Waals surface area contributed by atoms with Crippen LogP contribution in [0.1, 0.15) is 10.6 Å². The van der Waals surface area contributed by atoms with Crippen molar-refractivity contribution in [3.63, 3.8) is 0 Å². The summed E-state index contributed by atoms with van der Waals surface area (Å²) in [6.45, 7) is 0. The molecule has 0 saturated carbocycles. The number of carbonyl (C=O) groups excluding carboxylic acids is 1. The standard InChI is InChI=1S/C11H8Cl2N2O2/c12-7-4-6(14)5-8(13)10(7)15-11(16)9-2-1-3-17-9/h1-5H,14H2,(H,15,16). The summed E-state index contributed by atoms with van der Waals surface area (Å²) in [5.74, 6) is -0.252. The van der Waals surface area contributed by atoms with Gasteiger partial charge in [0.25, 0.3) is 5.91 Å². The number of furan rings is 1. The zero-order valence-corrected chi connectivity index (χ0v) is 10.0. The highest BCUT2D eigenvalue weighted by Crippen LogP contribution is 2.33. The fraction of sp³-hybridized carbons (Fsp3) is 0. The summed E-state index contributed by atoms with van der Waals surface area (Å²) in [4.78, 5) is 11.7. The van der Waals surface area contributed by atoms with Gasteiger partial charge in [-0.15, -0.1) is 0 Å². The van der Waals surface area contributed by atoms with E-state index < -0.39 is 5.91 Å². The van der Waals surface area contributed by atoms with Crippen LogP contribution in [0.4, 0.5) is 11.4 Å². The summed E-state index contributed by atoms with van der Waals surface area (Å²) in [5, 5.41) is 3.10. The Labute approximate surface area is 107 Å². The minimum atomic E-state index is -0.427. The molecule has 0 unspecified atom stereocenters. The average Bonchev–Trinajstić information content (AvgIpc) is 2.76. The van der Waals surface area contributed by atoms with Gasteiger partial charge in [0.2, 0.25) is 0 Å². The molecule has 0 fully saturated rings. The Morgan fingerprint density at radius 2 is 1.94 bits per heavy atom. The number of nitrogen functional groups attached to an aromatic ring is 1. The normalized spacial score (nSPS) is 10.2. The number of nitrogens with two attached hydrogens (primary N) is 1. The van der Waals surface area contributed by atoms with E-state index in [-0.39, 0.29) is 15.8 Å². The van der Waals surface area contributed by atoms with Crippen molar-refractivity contribution >= 4 is 40.5 Å². The predicted octanol–water partition coefficient (Wildman–Crippen LogP) is 3.42. The Morgan fingerprint density at radius 1 is 1.29 bits per heavy atom. The number of anilines is 2. The number of hydrogen-bond donors (Lipinski definition) is 2. The van der Waals surface area contributed by atoms with Gasteiger partial charge in [-0.25, -0.2) is 0 Å². The number of amides is 1. The summed E-state index contributed by atoms with van der Waals surface area (Å²) >= 11 is 11.9. The topological polar surface area (TPSA) is 68.3 Å². The number of halogens is 2. The molecule has 3 N–H and O–H groups in total. The first-order valence-corrected chi connectivity index (χ1v) is 5.43. The highest BCUT2D eigenvalue weighted by molar-refractivity contribution is 6.40. The van der Waals surface area contributed by atoms with Crippen LogP contribution in [0.25, 0.3) is 0 Å². The Hall–Kier alpha value is -1.65. The number of carbonyl (C=O) groups is 1. The Kier molecular flexibility index (Phi) is 3.26. The van der Waals surface area contributed by atoms with E-state index in [4.69, 9.17) is 33.4 Å². The number of benzene rings is 1. The van der Waals surface area contributed by atoms with Crippen LogP contribution in [-0.2, 0) is 0 Å². The molecule has 0 saturated heterocycles. The van der Waals surface area contributed by atoms with Crippen molar-refractivity contribution in [2.45, 2.75) is 0 Å². The van der Waals surface area contributed by atoms with Crippen LogP contribution in [0.15, 0.2) is 34.9 Å². The van der Waals surface area contributed by atoms with Crippen LogP contribution >= 0.6 is 23.2 Å². The first-order chi connectivity index (χ1) is 8.08. The highest BCUT2D eigenvalue weighted by Gasteiger charge is 2.14. The molecule has 1 aromatic carbocycles. The van der Waals surface area contributed by atoms with Crippen LogP contribution in [0.2, 0.25) is 10.0 Å². The Balaban J connectivity index is 2.28. The third-order valence-corrected chi connectivity index (χ3v) is 2.64. The summed E-state index contributed by atoms with van der Waals surface area (Å²) in [6, 6.07) is 6.16. The summed E-state index contributed by atoms with van der Waals surface area (Å²) in [7, 11) is 0. The van der Waals surface area contributed by atoms with Gasteiger partial charge in [0.1, 0.15) is 0 Å². The van der Waals surface area contributed by atoms with E-state index >= 15 is 0 Å². The third-order valence-electron chi connectivity index (χ3n) is 2.05. The second-order valence-electron chi connectivity index (χ2n) is 3.29. The molecule has 0 aliphatic rings. The molecule has 2 rings (SSSR count). The molecule has 4 nitrogen and oxygen atoms in total. The van der Waals surface area contributed by atoms with Gasteiger partial charge < -0.3 is 15.5 Å². The predicted molar refractivity (Wildman–Crippen MR) is 67.5 cm³/mol. The van der Waals surface area contributed by atoms with E-state index in [0.29, 0.717) is 11.4 Å². The smallest absolute Gasteiger partial charge is 0.291 e. The molecule has 0 spiro atoms. The molecule has 0 aliphatic carbocycles. The van der Waals surface area contributed by atoms with Crippen LogP contribution in [0.3, 0.4) is 0 Å². The molecule has 0 aliphatic heterocycles. The van der Waals surface area contributed by atoms with E-state index in [1.165, 1.54) is 24.5 Å². The van der Waals surface area contributed by atoms with Gasteiger partial charge in [-0.3, -0.25) is 4.79 Å². The molecule has 1 aromatic heterocycles. The first kappa shape index (κ1) is 11.8. The molecule has 0 bridgehead atoms. The van der Waals surface area contributed by atoms with E-state index in [0.717, 1.165) is 0 Å². The lowest BCUT2D eigenvalue weighted by molar-refractivity contribution is 0.0996. The number of nitrogens with one attached hydrogen (secondary N) is 1. The van der Waals surface area contributed by atoms with Crippen molar-refractivity contribution in [1.29, 1.82) is 0 Å². The molecule has 6 heteroatoms. The van der Waals surface area contributed by atoms with Crippen LogP contribution in [0, 0.1) is 0 Å². The Morgan fingerprint density at radius 3 is 2.47 bits per heavy atom. The van der Waals surface area contributed by atoms with Gasteiger partial charge >= 0.3 is 0 Å². The van der Waals surface area contributed by atoms with E-state index in [1.807, 2.05) is 0 Å². The van der Waals surface area contributed by atoms with Crippen molar-refractivity contribution in [3.05, 3.63) is 46.3 Å². The van der Waals surface area contributed by atoms with Gasteiger partial charge in [0, 0.05) is 5.69 Å². The molecule has 17 heavy (non-hydrogen) atoms. The van der Waals surface area contributed by atoms with E-state index in [2.05, 4.69) is 5.32 Å². The summed E-state index contributed by atoms with van der Waals surface area (Å²) in [5.41, 5.74) is 6.29. The fourth-order valence-corrected chi connectivity index (χ4v) is 1.89. The van der Waals surface area contributed by atoms with Crippen molar-refractivity contribution in [2.24, 2.45) is 0 Å². The maximum Gasteiger partial charge on any atom is 0.291 e. The maximum absolute atomic E-state index is 11.7. The second-order valence-corrected chi connectivity index (χ2v) is 4.11. The largest absolute Gasteiger partial charge is 0.459 e. The van der Waals surface area contributed by atoms with Crippen molar-refractivity contribution in [3.8, 4) is 0 Å². The quantitative estimate of drug-likeness (QED) is 0.822. The molecular formula is C11H8Cl2N2O2. The zero-order chi connectivity index (χ0) is 12.4. The summed E-state index contributed by atoms with van der Waals surface area (Å²) < 4.78 is 4.95. The average molecular weight is 271 g/mol. The molecule has 88 valence electrons. The minimum Gasteiger partial charge on any atom is -0.459 e. The molecule has 1 heterocycles. The third kappa shape index (κ3) is 2.54. The Bertz CT molecular complexity index is 530. The van der Waals surface area contributed by atoms with Gasteiger partial charge in [-0.1, -0.05) is 23.2 Å². The summed E-state index contributed by atoms with van der Waals surface area (Å²) in [6.07, 6.45) is 1.40. The lowest BCUT2D eigenvalue weighted by atomic mass is 10.2.